The summed E-state index contributed by atoms with van der Waals surface area (Å²) in [6, 6.07) is 8.54. The lowest BCUT2D eigenvalue weighted by Gasteiger charge is -2.28. The van der Waals surface area contributed by atoms with E-state index < -0.39 is 5.67 Å². The summed E-state index contributed by atoms with van der Waals surface area (Å²) in [7, 11) is 0. The van der Waals surface area contributed by atoms with Crippen LogP contribution in [0.5, 0.6) is 0 Å². The van der Waals surface area contributed by atoms with Gasteiger partial charge in [-0.1, -0.05) is 48.6 Å². The second-order valence-corrected chi connectivity index (χ2v) is 8.33. The second-order valence-electron chi connectivity index (χ2n) is 5.35. The average Bonchev–Trinajstić information content (AvgIpc) is 2.38. The van der Waals surface area contributed by atoms with Gasteiger partial charge in [0.2, 0.25) is 0 Å². The molecule has 0 atom stereocenters. The largest absolute Gasteiger partial charge is 0.350 e. The summed E-state index contributed by atoms with van der Waals surface area (Å²) in [6.07, 6.45) is 4.96. The first-order chi connectivity index (χ1) is 9.07. The quantitative estimate of drug-likeness (QED) is 0.689. The van der Waals surface area contributed by atoms with Gasteiger partial charge in [0.05, 0.1) is 5.03 Å². The highest BCUT2D eigenvalue weighted by Crippen LogP contribution is 2.37. The molecule has 0 aliphatic heterocycles. The minimum atomic E-state index is -1.04. The highest BCUT2D eigenvalue weighted by molar-refractivity contribution is 6.29. The van der Waals surface area contributed by atoms with Crippen molar-refractivity contribution in [2.24, 2.45) is 0 Å². The number of alkyl halides is 1. The van der Waals surface area contributed by atoms with Crippen LogP contribution >= 0.6 is 11.6 Å². The molecule has 1 fully saturated rings. The number of hydrogen-bond donors (Lipinski definition) is 0. The molecule has 19 heavy (non-hydrogen) atoms. The van der Waals surface area contributed by atoms with Crippen LogP contribution in [0.15, 0.2) is 33.4 Å². The smallest absolute Gasteiger partial charge is 0.243 e. The first-order valence-electron chi connectivity index (χ1n) is 6.81. The van der Waals surface area contributed by atoms with E-state index in [-0.39, 0.29) is 21.2 Å². The molecule has 0 radical (unpaired) electrons. The van der Waals surface area contributed by atoms with Crippen molar-refractivity contribution in [2.75, 3.05) is 0 Å². The lowest BCUT2D eigenvalue weighted by Crippen LogP contribution is -3.59. The molecule has 0 bridgehead atoms. The number of hydrogen-bond acceptors (Lipinski definition) is 0. The van der Waals surface area contributed by atoms with Gasteiger partial charge in [0.15, 0.2) is 7.65 Å². The van der Waals surface area contributed by atoms with Gasteiger partial charge in [-0.2, -0.15) is 0 Å². The standard InChI is InChI=1S/C16H20ClFI/c1-13-5-7-15(8-6-13)19-12-14(17)11-16(18)9-3-2-4-10-16/h5-8,12H,2-4,9-11H2,1H3/q+1/b14-12-. The lowest BCUT2D eigenvalue weighted by atomic mass is 9.84. The topological polar surface area (TPSA) is 0 Å². The third kappa shape index (κ3) is 5.07. The minimum absolute atomic E-state index is 0.239. The summed E-state index contributed by atoms with van der Waals surface area (Å²) in [5.41, 5.74) is 0.232. The van der Waals surface area contributed by atoms with Gasteiger partial charge >= 0.3 is 21.2 Å². The molecule has 0 spiro atoms. The van der Waals surface area contributed by atoms with Crippen molar-refractivity contribution in [3.05, 3.63) is 42.5 Å². The van der Waals surface area contributed by atoms with Crippen molar-refractivity contribution in [1.82, 2.24) is 0 Å². The second kappa shape index (κ2) is 7.07. The van der Waals surface area contributed by atoms with Crippen molar-refractivity contribution in [3.8, 4) is 0 Å². The third-order valence-electron chi connectivity index (χ3n) is 3.55. The molecule has 104 valence electrons. The van der Waals surface area contributed by atoms with Gasteiger partial charge in [0.1, 0.15) is 5.67 Å². The zero-order valence-corrected chi connectivity index (χ0v) is 14.2. The molecule has 1 aromatic rings. The Morgan fingerprint density at radius 1 is 1.26 bits per heavy atom. The molecule has 1 aromatic carbocycles. The van der Waals surface area contributed by atoms with Gasteiger partial charge in [-0.25, -0.2) is 4.39 Å². The lowest BCUT2D eigenvalue weighted by molar-refractivity contribution is -0.557. The maximum Gasteiger partial charge on any atom is 0.350 e. The summed E-state index contributed by atoms with van der Waals surface area (Å²) in [6.45, 7) is 2.08. The Morgan fingerprint density at radius 2 is 1.89 bits per heavy atom. The molecule has 0 nitrogen and oxygen atoms in total. The third-order valence-corrected chi connectivity index (χ3v) is 6.66. The van der Waals surface area contributed by atoms with Crippen molar-refractivity contribution in [2.45, 2.75) is 51.1 Å². The van der Waals surface area contributed by atoms with Crippen LogP contribution in [0.2, 0.25) is 0 Å². The first kappa shape index (κ1) is 15.3. The summed E-state index contributed by atoms with van der Waals surface area (Å²) in [5.74, 6) is 0. The Morgan fingerprint density at radius 3 is 2.53 bits per heavy atom. The highest BCUT2D eigenvalue weighted by atomic mass is 127. The fourth-order valence-corrected chi connectivity index (χ4v) is 4.64. The predicted octanol–water partition coefficient (Wildman–Crippen LogP) is 2.40. The number of allylic oxidation sites excluding steroid dienone is 1. The molecule has 1 saturated carbocycles. The van der Waals surface area contributed by atoms with E-state index >= 15 is 0 Å². The first-order valence-corrected chi connectivity index (χ1v) is 9.51. The molecule has 0 amide bonds. The van der Waals surface area contributed by atoms with Crippen LogP contribution in [-0.2, 0) is 0 Å². The Kier molecular flexibility index (Phi) is 5.70. The average molecular weight is 394 g/mol. The van der Waals surface area contributed by atoms with Crippen LogP contribution in [0.25, 0.3) is 0 Å². The van der Waals surface area contributed by atoms with Gasteiger partial charge in [-0.15, -0.1) is 0 Å². The molecule has 0 N–H and O–H groups in total. The molecule has 0 saturated heterocycles. The predicted molar refractivity (Wildman–Crippen MR) is 75.4 cm³/mol. The van der Waals surface area contributed by atoms with Gasteiger partial charge < -0.3 is 0 Å². The van der Waals surface area contributed by atoms with E-state index in [0.29, 0.717) is 19.3 Å². The van der Waals surface area contributed by atoms with Crippen LogP contribution in [0, 0.1) is 10.5 Å². The number of rotatable bonds is 4. The maximum absolute atomic E-state index is 14.5. The van der Waals surface area contributed by atoms with E-state index in [0.717, 1.165) is 17.9 Å². The van der Waals surface area contributed by atoms with Gasteiger partial charge in [-0.05, 0) is 31.9 Å². The Hall–Kier alpha value is -0.0900. The molecule has 0 unspecified atom stereocenters. The van der Waals surface area contributed by atoms with Crippen molar-refractivity contribution >= 4 is 11.6 Å². The summed E-state index contributed by atoms with van der Waals surface area (Å²) in [5, 5.41) is 0.720. The molecular formula is C16H20ClFI+. The molecule has 0 heterocycles. The van der Waals surface area contributed by atoms with Crippen LogP contribution < -0.4 is 21.2 Å². The molecule has 1 aliphatic rings. The zero-order valence-electron chi connectivity index (χ0n) is 11.3. The van der Waals surface area contributed by atoms with E-state index in [4.69, 9.17) is 11.6 Å². The van der Waals surface area contributed by atoms with E-state index in [9.17, 15) is 4.39 Å². The van der Waals surface area contributed by atoms with Gasteiger partial charge in [0, 0.05) is 6.42 Å². The summed E-state index contributed by atoms with van der Waals surface area (Å²) >= 11 is 5.99. The fourth-order valence-electron chi connectivity index (χ4n) is 2.43. The maximum atomic E-state index is 14.5. The summed E-state index contributed by atoms with van der Waals surface area (Å²) < 4.78 is 17.9. The van der Waals surface area contributed by atoms with E-state index in [1.54, 1.807) is 0 Å². The SMILES string of the molecule is Cc1ccc([I+]/C=C(\Cl)CC2(F)CCCCC2)cc1. The Labute approximate surface area is 130 Å². The molecular weight excluding hydrogens is 374 g/mol. The van der Waals surface area contributed by atoms with Crippen molar-refractivity contribution < 1.29 is 25.6 Å². The van der Waals surface area contributed by atoms with Crippen LogP contribution in [0.3, 0.4) is 0 Å². The van der Waals surface area contributed by atoms with Crippen molar-refractivity contribution in [1.29, 1.82) is 0 Å². The number of benzene rings is 1. The van der Waals surface area contributed by atoms with Crippen LogP contribution in [0.4, 0.5) is 4.39 Å². The number of halogens is 3. The van der Waals surface area contributed by atoms with Crippen LogP contribution in [0.1, 0.15) is 44.1 Å². The van der Waals surface area contributed by atoms with Crippen LogP contribution in [-0.4, -0.2) is 5.67 Å². The van der Waals surface area contributed by atoms with Gasteiger partial charge in [-0.3, -0.25) is 0 Å². The molecule has 2 rings (SSSR count). The monoisotopic (exact) mass is 393 g/mol. The highest BCUT2D eigenvalue weighted by Gasteiger charge is 2.32. The minimum Gasteiger partial charge on any atom is -0.243 e. The summed E-state index contributed by atoms with van der Waals surface area (Å²) in [4.78, 5) is 0. The van der Waals surface area contributed by atoms with E-state index in [2.05, 4.69) is 35.3 Å². The molecule has 3 heteroatoms. The normalized spacial score (nSPS) is 19.4. The number of aryl methyl sites for hydroxylation is 1. The van der Waals surface area contributed by atoms with Crippen molar-refractivity contribution in [3.63, 3.8) is 0 Å². The molecule has 0 aromatic heterocycles. The fraction of sp³-hybridized carbons (Fsp3) is 0.500. The zero-order chi connectivity index (χ0) is 13.7. The van der Waals surface area contributed by atoms with E-state index in [1.807, 2.05) is 0 Å². The van der Waals surface area contributed by atoms with Gasteiger partial charge in [0.25, 0.3) is 0 Å². The molecule has 1 aliphatic carbocycles. The Bertz CT molecular complexity index is 433. The van der Waals surface area contributed by atoms with E-state index in [1.165, 1.54) is 15.6 Å². The Balaban J connectivity index is 1.90.